The van der Waals surface area contributed by atoms with E-state index in [9.17, 15) is 0 Å². The van der Waals surface area contributed by atoms with Crippen LogP contribution in [0, 0.1) is 0 Å². The van der Waals surface area contributed by atoms with Gasteiger partial charge in [-0.3, -0.25) is 4.57 Å². The summed E-state index contributed by atoms with van der Waals surface area (Å²) in [5, 5.41) is 3.69. The summed E-state index contributed by atoms with van der Waals surface area (Å²) in [7, 11) is 0. The van der Waals surface area contributed by atoms with Gasteiger partial charge in [-0.2, -0.15) is 4.98 Å². The van der Waals surface area contributed by atoms with Crippen LogP contribution in [-0.2, 0) is 0 Å². The van der Waals surface area contributed by atoms with E-state index in [2.05, 4.69) is 39.3 Å². The Morgan fingerprint density at radius 2 is 1.76 bits per heavy atom. The van der Waals surface area contributed by atoms with Crippen molar-refractivity contribution in [2.24, 2.45) is 0 Å². The molecule has 124 valence electrons. The Hall–Kier alpha value is -2.92. The highest BCUT2D eigenvalue weighted by atomic mass is 35.5. The number of imidazole rings is 1. The summed E-state index contributed by atoms with van der Waals surface area (Å²) in [4.78, 5) is 13.3. The minimum absolute atomic E-state index is 0.0621. The second-order valence-corrected chi connectivity index (χ2v) is 6.14. The quantitative estimate of drug-likeness (QED) is 0.545. The summed E-state index contributed by atoms with van der Waals surface area (Å²) >= 11 is 6.22. The van der Waals surface area contributed by atoms with Crippen molar-refractivity contribution in [1.29, 1.82) is 0 Å². The normalized spacial score (nSPS) is 12.2. The van der Waals surface area contributed by atoms with Crippen LogP contribution in [0.4, 0.5) is 5.95 Å². The Balaban J connectivity index is 1.69. The van der Waals surface area contributed by atoms with Gasteiger partial charge in [0.15, 0.2) is 0 Å². The monoisotopic (exact) mass is 349 g/mol. The van der Waals surface area contributed by atoms with E-state index in [1.54, 1.807) is 12.4 Å². The van der Waals surface area contributed by atoms with Crippen molar-refractivity contribution >= 4 is 28.6 Å². The number of nitrogens with zero attached hydrogens (tertiary/aromatic N) is 4. The Morgan fingerprint density at radius 3 is 2.60 bits per heavy atom. The lowest BCUT2D eigenvalue weighted by Crippen LogP contribution is -2.11. The molecule has 0 fully saturated rings. The fourth-order valence-corrected chi connectivity index (χ4v) is 2.93. The predicted molar refractivity (Wildman–Crippen MR) is 100 cm³/mol. The highest BCUT2D eigenvalue weighted by Crippen LogP contribution is 2.22. The number of hydrogen-bond acceptors (Lipinski definition) is 4. The first-order valence-electron chi connectivity index (χ1n) is 7.99. The van der Waals surface area contributed by atoms with Crippen LogP contribution < -0.4 is 5.32 Å². The molecule has 6 heteroatoms. The van der Waals surface area contributed by atoms with Crippen LogP contribution in [0.5, 0.6) is 0 Å². The fourth-order valence-electron chi connectivity index (χ4n) is 2.75. The van der Waals surface area contributed by atoms with Crippen molar-refractivity contribution in [2.45, 2.75) is 13.0 Å². The topological polar surface area (TPSA) is 55.6 Å². The van der Waals surface area contributed by atoms with Crippen molar-refractivity contribution in [3.8, 4) is 5.82 Å². The van der Waals surface area contributed by atoms with E-state index in [1.807, 2.05) is 47.0 Å². The highest BCUT2D eigenvalue weighted by molar-refractivity contribution is 6.29. The van der Waals surface area contributed by atoms with Gasteiger partial charge in [0.05, 0.1) is 17.1 Å². The van der Waals surface area contributed by atoms with Gasteiger partial charge in [0.2, 0.25) is 5.95 Å². The molecule has 0 aliphatic carbocycles. The molecule has 0 amide bonds. The maximum Gasteiger partial charge on any atom is 0.226 e. The molecule has 2 aromatic carbocycles. The Kier molecular flexibility index (Phi) is 4.07. The maximum atomic E-state index is 6.22. The molecule has 2 aromatic heterocycles. The average Bonchev–Trinajstić information content (AvgIpc) is 3.06. The van der Waals surface area contributed by atoms with E-state index in [-0.39, 0.29) is 6.04 Å². The first-order chi connectivity index (χ1) is 12.2. The third-order valence-corrected chi connectivity index (χ3v) is 4.22. The van der Waals surface area contributed by atoms with Crippen molar-refractivity contribution in [1.82, 2.24) is 19.5 Å². The van der Waals surface area contributed by atoms with Crippen LogP contribution in [0.2, 0.25) is 5.15 Å². The zero-order valence-corrected chi connectivity index (χ0v) is 14.4. The molecule has 0 radical (unpaired) electrons. The van der Waals surface area contributed by atoms with Gasteiger partial charge in [0, 0.05) is 6.07 Å². The van der Waals surface area contributed by atoms with Crippen LogP contribution in [0.25, 0.3) is 16.9 Å². The molecule has 5 nitrogen and oxygen atoms in total. The lowest BCUT2D eigenvalue weighted by molar-refractivity contribution is 0.854. The third kappa shape index (κ3) is 3.19. The van der Waals surface area contributed by atoms with Gasteiger partial charge in [-0.1, -0.05) is 54.1 Å². The second-order valence-electron chi connectivity index (χ2n) is 5.75. The number of fused-ring (bicyclic) bond motifs is 1. The molecule has 4 aromatic rings. The molecule has 0 saturated heterocycles. The van der Waals surface area contributed by atoms with E-state index in [0.29, 0.717) is 16.9 Å². The minimum atomic E-state index is 0.0621. The number of rotatable bonds is 4. The largest absolute Gasteiger partial charge is 0.348 e. The average molecular weight is 350 g/mol. The third-order valence-electron chi connectivity index (χ3n) is 4.03. The summed E-state index contributed by atoms with van der Waals surface area (Å²) in [6.07, 6.45) is 1.74. The van der Waals surface area contributed by atoms with Gasteiger partial charge in [0.1, 0.15) is 17.3 Å². The Morgan fingerprint density at radius 1 is 1.00 bits per heavy atom. The van der Waals surface area contributed by atoms with Gasteiger partial charge >= 0.3 is 0 Å². The van der Waals surface area contributed by atoms with E-state index in [4.69, 9.17) is 11.6 Å². The summed E-state index contributed by atoms with van der Waals surface area (Å²) < 4.78 is 1.90. The smallest absolute Gasteiger partial charge is 0.226 e. The van der Waals surface area contributed by atoms with Crippen molar-refractivity contribution in [3.63, 3.8) is 0 Å². The Bertz CT molecular complexity index is 1010. The molecule has 2 heterocycles. The molecule has 1 N–H and O–H groups in total. The summed E-state index contributed by atoms with van der Waals surface area (Å²) in [5.41, 5.74) is 3.03. The number of hydrogen-bond donors (Lipinski definition) is 1. The maximum absolute atomic E-state index is 6.22. The van der Waals surface area contributed by atoms with Gasteiger partial charge in [-0.25, -0.2) is 9.97 Å². The van der Waals surface area contributed by atoms with E-state index in [1.165, 1.54) is 0 Å². The van der Waals surface area contributed by atoms with Crippen LogP contribution in [0.3, 0.4) is 0 Å². The molecule has 25 heavy (non-hydrogen) atoms. The summed E-state index contributed by atoms with van der Waals surface area (Å²) in [6, 6.07) is 19.8. The molecular formula is C19H16ClN5. The molecule has 0 aliphatic heterocycles. The van der Waals surface area contributed by atoms with Gasteiger partial charge in [-0.15, -0.1) is 0 Å². The number of para-hydroxylation sites is 2. The highest BCUT2D eigenvalue weighted by Gasteiger charge is 2.11. The van der Waals surface area contributed by atoms with Gasteiger partial charge in [0.25, 0.3) is 0 Å². The molecule has 0 spiro atoms. The van der Waals surface area contributed by atoms with Crippen LogP contribution in [0.1, 0.15) is 18.5 Å². The molecule has 0 saturated carbocycles. The number of halogens is 1. The van der Waals surface area contributed by atoms with E-state index < -0.39 is 0 Å². The summed E-state index contributed by atoms with van der Waals surface area (Å²) in [6.45, 7) is 2.06. The van der Waals surface area contributed by atoms with Crippen molar-refractivity contribution in [2.75, 3.05) is 5.32 Å². The fraction of sp³-hybridized carbons (Fsp3) is 0.105. The second kappa shape index (κ2) is 6.53. The van der Waals surface area contributed by atoms with Gasteiger partial charge < -0.3 is 5.32 Å². The number of aromatic nitrogens is 4. The zero-order chi connectivity index (χ0) is 17.2. The molecule has 4 rings (SSSR count). The lowest BCUT2D eigenvalue weighted by atomic mass is 10.1. The summed E-state index contributed by atoms with van der Waals surface area (Å²) in [5.74, 6) is 1.16. The molecule has 1 atom stereocenters. The SMILES string of the molecule is C[C@H](Nc1nc(Cl)cc(-n2cnc3ccccc32)n1)c1ccccc1. The van der Waals surface area contributed by atoms with Crippen LogP contribution in [0.15, 0.2) is 67.0 Å². The molecule has 0 unspecified atom stereocenters. The first kappa shape index (κ1) is 15.6. The van der Waals surface area contributed by atoms with E-state index >= 15 is 0 Å². The first-order valence-corrected chi connectivity index (χ1v) is 8.37. The number of nitrogens with one attached hydrogen (secondary N) is 1. The van der Waals surface area contributed by atoms with E-state index in [0.717, 1.165) is 16.6 Å². The standard InChI is InChI=1S/C19H16ClN5/c1-13(14-7-3-2-4-8-14)22-19-23-17(20)11-18(24-19)25-12-21-15-9-5-6-10-16(15)25/h2-13H,1H3,(H,22,23,24)/t13-/m0/s1. The number of anilines is 1. The number of benzene rings is 2. The Labute approximate surface area is 150 Å². The van der Waals surface area contributed by atoms with Crippen molar-refractivity contribution < 1.29 is 0 Å². The minimum Gasteiger partial charge on any atom is -0.348 e. The van der Waals surface area contributed by atoms with Crippen molar-refractivity contribution in [3.05, 3.63) is 77.7 Å². The predicted octanol–water partition coefficient (Wildman–Crippen LogP) is 4.64. The molecule has 0 aliphatic rings. The molecule has 0 bridgehead atoms. The molecular weight excluding hydrogens is 334 g/mol. The van der Waals surface area contributed by atoms with Gasteiger partial charge in [-0.05, 0) is 24.6 Å². The zero-order valence-electron chi connectivity index (χ0n) is 13.6. The van der Waals surface area contributed by atoms with Crippen LogP contribution >= 0.6 is 11.6 Å². The van der Waals surface area contributed by atoms with Crippen LogP contribution in [-0.4, -0.2) is 19.5 Å². The lowest BCUT2D eigenvalue weighted by Gasteiger charge is -2.15.